The molecule has 0 atom stereocenters. The lowest BCUT2D eigenvalue weighted by atomic mass is 10.1. The van der Waals surface area contributed by atoms with E-state index in [1.807, 2.05) is 0 Å². The summed E-state index contributed by atoms with van der Waals surface area (Å²) >= 11 is 0. The second-order valence-corrected chi connectivity index (χ2v) is 3.46. The van der Waals surface area contributed by atoms with Crippen LogP contribution in [0.15, 0.2) is 12.2 Å². The molecule has 0 aliphatic rings. The van der Waals surface area contributed by atoms with Crippen LogP contribution < -0.4 is 0 Å². The minimum Gasteiger partial charge on any atom is -0.455 e. The predicted octanol–water partition coefficient (Wildman–Crippen LogP) is 2.65. The number of esters is 1. The molecule has 0 amide bonds. The van der Waals surface area contributed by atoms with Gasteiger partial charge in [0.15, 0.2) is 5.78 Å². The third kappa shape index (κ3) is 9.19. The number of Topliss-reactive ketones (excluding diaryl/α,β-unsaturated/α-hetero) is 1. The third-order valence-electron chi connectivity index (χ3n) is 1.99. The topological polar surface area (TPSA) is 43.4 Å². The van der Waals surface area contributed by atoms with Gasteiger partial charge in [0.05, 0.1) is 0 Å². The first kappa shape index (κ1) is 13.9. The van der Waals surface area contributed by atoms with Gasteiger partial charge in [-0.25, -0.2) is 4.79 Å². The molecular weight excluding hydrogens is 192 g/mol. The first-order chi connectivity index (χ1) is 7.20. The van der Waals surface area contributed by atoms with Crippen molar-refractivity contribution in [2.75, 3.05) is 6.61 Å². The third-order valence-corrected chi connectivity index (χ3v) is 1.99. The van der Waals surface area contributed by atoms with Crippen LogP contribution in [0.2, 0.25) is 0 Å². The summed E-state index contributed by atoms with van der Waals surface area (Å²) in [6.45, 7) is 3.77. The van der Waals surface area contributed by atoms with Crippen LogP contribution in [0.25, 0.3) is 0 Å². The summed E-state index contributed by atoms with van der Waals surface area (Å²) in [7, 11) is 0. The number of carbonyl (C=O) groups is 2. The number of ether oxygens (including phenoxy) is 1. The van der Waals surface area contributed by atoms with Crippen LogP contribution in [0.3, 0.4) is 0 Å². The Morgan fingerprint density at radius 1 is 1.20 bits per heavy atom. The molecule has 15 heavy (non-hydrogen) atoms. The maximum Gasteiger partial charge on any atom is 0.330 e. The summed E-state index contributed by atoms with van der Waals surface area (Å²) in [6.07, 6.45) is 7.70. The van der Waals surface area contributed by atoms with E-state index in [0.29, 0.717) is 6.42 Å². The second kappa shape index (κ2) is 9.44. The molecule has 3 nitrogen and oxygen atoms in total. The highest BCUT2D eigenvalue weighted by Gasteiger charge is 2.04. The van der Waals surface area contributed by atoms with Gasteiger partial charge in [-0.3, -0.25) is 4.79 Å². The Morgan fingerprint density at radius 2 is 1.93 bits per heavy atom. The van der Waals surface area contributed by atoms with E-state index in [1.54, 1.807) is 13.0 Å². The molecule has 0 spiro atoms. The van der Waals surface area contributed by atoms with Crippen molar-refractivity contribution in [2.45, 2.75) is 46.0 Å². The molecule has 0 aromatic carbocycles. The van der Waals surface area contributed by atoms with Crippen molar-refractivity contribution in [3.05, 3.63) is 12.2 Å². The maximum absolute atomic E-state index is 11.2. The normalized spacial score (nSPS) is 10.5. The molecule has 0 rings (SSSR count). The van der Waals surface area contributed by atoms with Crippen molar-refractivity contribution >= 4 is 11.8 Å². The average molecular weight is 212 g/mol. The molecule has 0 saturated heterocycles. The molecule has 0 fully saturated rings. The minimum absolute atomic E-state index is 0.00366. The summed E-state index contributed by atoms with van der Waals surface area (Å²) in [4.78, 5) is 22.1. The average Bonchev–Trinajstić information content (AvgIpc) is 2.22. The van der Waals surface area contributed by atoms with Crippen molar-refractivity contribution in [1.29, 1.82) is 0 Å². The van der Waals surface area contributed by atoms with E-state index in [9.17, 15) is 9.59 Å². The standard InChI is InChI=1S/C12H20O3/c1-3-5-6-7-9-11(13)10-15-12(14)8-4-2/h4,8H,3,5-7,9-10H2,1-2H3. The van der Waals surface area contributed by atoms with Crippen molar-refractivity contribution in [3.8, 4) is 0 Å². The second-order valence-electron chi connectivity index (χ2n) is 3.46. The van der Waals surface area contributed by atoms with Crippen LogP contribution in [0.1, 0.15) is 46.0 Å². The van der Waals surface area contributed by atoms with Crippen molar-refractivity contribution in [2.24, 2.45) is 0 Å². The van der Waals surface area contributed by atoms with E-state index in [2.05, 4.69) is 6.92 Å². The zero-order chi connectivity index (χ0) is 11.5. The maximum atomic E-state index is 11.2. The number of allylic oxidation sites excluding steroid dienone is 1. The van der Waals surface area contributed by atoms with Gasteiger partial charge in [0.25, 0.3) is 0 Å². The summed E-state index contributed by atoms with van der Waals surface area (Å²) in [6, 6.07) is 0. The molecule has 0 radical (unpaired) electrons. The lowest BCUT2D eigenvalue weighted by molar-refractivity contribution is -0.143. The molecule has 0 saturated carbocycles. The summed E-state index contributed by atoms with van der Waals surface area (Å²) in [5, 5.41) is 0. The highest BCUT2D eigenvalue weighted by Crippen LogP contribution is 2.03. The highest BCUT2D eigenvalue weighted by molar-refractivity contribution is 5.86. The van der Waals surface area contributed by atoms with Gasteiger partial charge in [0, 0.05) is 12.5 Å². The minimum atomic E-state index is -0.445. The molecule has 86 valence electrons. The number of ketones is 1. The zero-order valence-electron chi connectivity index (χ0n) is 9.62. The van der Waals surface area contributed by atoms with Crippen molar-refractivity contribution in [1.82, 2.24) is 0 Å². The molecule has 3 heteroatoms. The molecule has 0 N–H and O–H groups in total. The van der Waals surface area contributed by atoms with Crippen LogP contribution in [0.4, 0.5) is 0 Å². The zero-order valence-corrected chi connectivity index (χ0v) is 9.62. The number of rotatable bonds is 8. The van der Waals surface area contributed by atoms with Gasteiger partial charge in [-0.15, -0.1) is 0 Å². The molecular formula is C12H20O3. The number of unbranched alkanes of at least 4 members (excludes halogenated alkanes) is 3. The largest absolute Gasteiger partial charge is 0.455 e. The van der Waals surface area contributed by atoms with Gasteiger partial charge in [-0.05, 0) is 13.3 Å². The Balaban J connectivity index is 3.45. The van der Waals surface area contributed by atoms with Crippen LogP contribution >= 0.6 is 0 Å². The van der Waals surface area contributed by atoms with Gasteiger partial charge in [0.2, 0.25) is 0 Å². The Bertz CT molecular complexity index is 219. The monoisotopic (exact) mass is 212 g/mol. The van der Waals surface area contributed by atoms with E-state index in [4.69, 9.17) is 4.74 Å². The fourth-order valence-corrected chi connectivity index (χ4v) is 1.16. The lowest BCUT2D eigenvalue weighted by Gasteiger charge is -2.01. The van der Waals surface area contributed by atoms with E-state index in [0.717, 1.165) is 25.7 Å². The van der Waals surface area contributed by atoms with Crippen LogP contribution in [0, 0.1) is 0 Å². The fourth-order valence-electron chi connectivity index (χ4n) is 1.16. The van der Waals surface area contributed by atoms with Crippen LogP contribution in [0.5, 0.6) is 0 Å². The molecule has 0 unspecified atom stereocenters. The Hall–Kier alpha value is -1.12. The van der Waals surface area contributed by atoms with Crippen LogP contribution in [-0.2, 0) is 14.3 Å². The summed E-state index contributed by atoms with van der Waals surface area (Å²) in [5.74, 6) is -0.441. The molecule has 0 aromatic rings. The molecule has 0 heterocycles. The Labute approximate surface area is 91.5 Å². The molecule has 0 bridgehead atoms. The van der Waals surface area contributed by atoms with Gasteiger partial charge in [0.1, 0.15) is 6.61 Å². The first-order valence-corrected chi connectivity index (χ1v) is 5.51. The quantitative estimate of drug-likeness (QED) is 0.353. The lowest BCUT2D eigenvalue weighted by Crippen LogP contribution is -2.11. The van der Waals surface area contributed by atoms with E-state index >= 15 is 0 Å². The van der Waals surface area contributed by atoms with Crippen molar-refractivity contribution in [3.63, 3.8) is 0 Å². The van der Waals surface area contributed by atoms with Crippen LogP contribution in [-0.4, -0.2) is 18.4 Å². The first-order valence-electron chi connectivity index (χ1n) is 5.51. The van der Waals surface area contributed by atoms with E-state index in [-0.39, 0.29) is 12.4 Å². The Morgan fingerprint density at radius 3 is 2.53 bits per heavy atom. The van der Waals surface area contributed by atoms with Gasteiger partial charge in [-0.1, -0.05) is 32.3 Å². The number of hydrogen-bond acceptors (Lipinski definition) is 3. The van der Waals surface area contributed by atoms with Gasteiger partial charge < -0.3 is 4.74 Å². The smallest absolute Gasteiger partial charge is 0.330 e. The van der Waals surface area contributed by atoms with Crippen molar-refractivity contribution < 1.29 is 14.3 Å². The van der Waals surface area contributed by atoms with E-state index in [1.165, 1.54) is 6.08 Å². The number of hydrogen-bond donors (Lipinski definition) is 0. The summed E-state index contributed by atoms with van der Waals surface area (Å²) < 4.78 is 4.73. The predicted molar refractivity (Wildman–Crippen MR) is 59.5 cm³/mol. The molecule has 0 aliphatic carbocycles. The highest BCUT2D eigenvalue weighted by atomic mass is 16.5. The Kier molecular flexibility index (Phi) is 8.73. The SMILES string of the molecule is CC=CC(=O)OCC(=O)CCCCCC. The van der Waals surface area contributed by atoms with Gasteiger partial charge >= 0.3 is 5.97 Å². The van der Waals surface area contributed by atoms with Gasteiger partial charge in [-0.2, -0.15) is 0 Å². The fraction of sp³-hybridized carbons (Fsp3) is 0.667. The molecule has 0 aliphatic heterocycles. The molecule has 0 aromatic heterocycles. The number of carbonyl (C=O) groups excluding carboxylic acids is 2. The summed E-state index contributed by atoms with van der Waals surface area (Å²) in [5.41, 5.74) is 0. The van der Waals surface area contributed by atoms with E-state index < -0.39 is 5.97 Å².